The van der Waals surface area contributed by atoms with Crippen molar-refractivity contribution < 1.29 is 19.1 Å². The molecule has 3 aromatic rings. The van der Waals surface area contributed by atoms with E-state index in [1.807, 2.05) is 12.1 Å². The summed E-state index contributed by atoms with van der Waals surface area (Å²) in [5.41, 5.74) is 0.546. The van der Waals surface area contributed by atoms with Gasteiger partial charge in [0.05, 0.1) is 11.4 Å². The Labute approximate surface area is 119 Å². The predicted molar refractivity (Wildman–Crippen MR) is 75.2 cm³/mol. The van der Waals surface area contributed by atoms with Crippen molar-refractivity contribution in [3.05, 3.63) is 52.4 Å². The summed E-state index contributed by atoms with van der Waals surface area (Å²) in [4.78, 5) is 22.5. The molecule has 0 radical (unpaired) electrons. The molecule has 0 aliphatic heterocycles. The van der Waals surface area contributed by atoms with Gasteiger partial charge in [-0.1, -0.05) is 18.2 Å². The highest BCUT2D eigenvalue weighted by molar-refractivity contribution is 6.05. The lowest BCUT2D eigenvalue weighted by Crippen LogP contribution is -2.29. The van der Waals surface area contributed by atoms with Crippen LogP contribution in [-0.4, -0.2) is 12.6 Å². The first-order valence-corrected chi connectivity index (χ1v) is 6.36. The molecule has 1 aromatic heterocycles. The van der Waals surface area contributed by atoms with Crippen molar-refractivity contribution in [1.82, 2.24) is 0 Å². The minimum absolute atomic E-state index is 0.352. The quantitative estimate of drug-likeness (QED) is 0.536. The smallest absolute Gasteiger partial charge is 0.344 e. The van der Waals surface area contributed by atoms with E-state index < -0.39 is 18.2 Å². The van der Waals surface area contributed by atoms with Gasteiger partial charge in [-0.05, 0) is 30.5 Å². The van der Waals surface area contributed by atoms with Crippen LogP contribution in [0.1, 0.15) is 5.56 Å². The average Bonchev–Trinajstić information content (AvgIpc) is 2.47. The lowest BCUT2D eigenvalue weighted by molar-refractivity contribution is -0.307. The molecule has 0 N–H and O–H groups in total. The number of aryl methyl sites for hydroxylation is 1. The van der Waals surface area contributed by atoms with Crippen LogP contribution in [0.25, 0.3) is 21.7 Å². The summed E-state index contributed by atoms with van der Waals surface area (Å²) < 4.78 is 10.5. The van der Waals surface area contributed by atoms with Crippen molar-refractivity contribution in [3.8, 4) is 5.75 Å². The van der Waals surface area contributed by atoms with E-state index in [9.17, 15) is 14.7 Å². The average molecular weight is 283 g/mol. The van der Waals surface area contributed by atoms with Gasteiger partial charge in [0.15, 0.2) is 0 Å². The molecule has 0 unspecified atom stereocenters. The van der Waals surface area contributed by atoms with E-state index in [0.717, 1.165) is 10.8 Å². The molecule has 5 nitrogen and oxygen atoms in total. The zero-order valence-corrected chi connectivity index (χ0v) is 11.2. The third kappa shape index (κ3) is 2.23. The Kier molecular flexibility index (Phi) is 3.10. The number of carboxylic acid groups (broad SMARTS) is 1. The summed E-state index contributed by atoms with van der Waals surface area (Å²) in [7, 11) is 0. The lowest BCUT2D eigenvalue weighted by atomic mass is 10.0. The molecule has 3 rings (SSSR count). The standard InChI is InChI=1S/C16H12O5/c1-9-13(20-8-14(17)18)7-6-11-10-4-2-3-5-12(10)16(19)21-15(9)11/h2-7H,8H2,1H3,(H,17,18)/p-1. The van der Waals surface area contributed by atoms with Crippen molar-refractivity contribution in [2.45, 2.75) is 6.92 Å². The van der Waals surface area contributed by atoms with Crippen LogP contribution in [0.15, 0.2) is 45.6 Å². The number of hydrogen-bond donors (Lipinski definition) is 0. The van der Waals surface area contributed by atoms with Gasteiger partial charge in [-0.25, -0.2) is 4.79 Å². The predicted octanol–water partition coefficient (Wildman–Crippen LogP) is 1.38. The van der Waals surface area contributed by atoms with Gasteiger partial charge >= 0.3 is 5.63 Å². The Balaban J connectivity index is 2.27. The van der Waals surface area contributed by atoms with Crippen molar-refractivity contribution in [1.29, 1.82) is 0 Å². The van der Waals surface area contributed by atoms with Crippen LogP contribution in [0.5, 0.6) is 5.75 Å². The molecule has 0 aliphatic rings. The number of hydrogen-bond acceptors (Lipinski definition) is 5. The molecule has 0 atom stereocenters. The number of rotatable bonds is 3. The highest BCUT2D eigenvalue weighted by Gasteiger charge is 2.12. The van der Waals surface area contributed by atoms with E-state index in [1.165, 1.54) is 0 Å². The number of benzene rings is 2. The molecule has 21 heavy (non-hydrogen) atoms. The SMILES string of the molecule is Cc1c(OCC(=O)[O-])ccc2c1oc(=O)c1ccccc12. The molecule has 5 heteroatoms. The summed E-state index contributed by atoms with van der Waals surface area (Å²) in [6.07, 6.45) is 0. The molecule has 0 saturated carbocycles. The van der Waals surface area contributed by atoms with Gasteiger partial charge in [0.25, 0.3) is 0 Å². The molecular weight excluding hydrogens is 272 g/mol. The summed E-state index contributed by atoms with van der Waals surface area (Å²) in [5, 5.41) is 12.5. The van der Waals surface area contributed by atoms with Gasteiger partial charge in [-0.15, -0.1) is 0 Å². The van der Waals surface area contributed by atoms with Crippen LogP contribution >= 0.6 is 0 Å². The summed E-state index contributed by atoms with van der Waals surface area (Å²) in [5.74, 6) is -0.959. The van der Waals surface area contributed by atoms with Crippen LogP contribution in [0.3, 0.4) is 0 Å². The fraction of sp³-hybridized carbons (Fsp3) is 0.125. The third-order valence-electron chi connectivity index (χ3n) is 3.33. The van der Waals surface area contributed by atoms with Crippen molar-refractivity contribution >= 4 is 27.7 Å². The minimum atomic E-state index is -1.31. The highest BCUT2D eigenvalue weighted by Crippen LogP contribution is 2.30. The Bertz CT molecular complexity index is 908. The third-order valence-corrected chi connectivity index (χ3v) is 3.33. The van der Waals surface area contributed by atoms with Gasteiger partial charge in [0.1, 0.15) is 17.9 Å². The maximum absolute atomic E-state index is 12.0. The van der Waals surface area contributed by atoms with Gasteiger partial charge in [0.2, 0.25) is 0 Å². The number of aliphatic carboxylic acids is 1. The molecule has 1 heterocycles. The van der Waals surface area contributed by atoms with Crippen LogP contribution in [0.2, 0.25) is 0 Å². The molecule has 0 amide bonds. The molecule has 0 saturated heterocycles. The first-order valence-electron chi connectivity index (χ1n) is 6.36. The Morgan fingerprint density at radius 2 is 1.86 bits per heavy atom. The van der Waals surface area contributed by atoms with E-state index in [2.05, 4.69) is 0 Å². The summed E-state index contributed by atoms with van der Waals surface area (Å²) in [6, 6.07) is 10.6. The molecular formula is C16H11O5-. The number of fused-ring (bicyclic) bond motifs is 3. The lowest BCUT2D eigenvalue weighted by Gasteiger charge is -2.11. The number of carbonyl (C=O) groups is 1. The summed E-state index contributed by atoms with van der Waals surface area (Å²) in [6.45, 7) is 1.16. The first kappa shape index (κ1) is 13.2. The van der Waals surface area contributed by atoms with E-state index >= 15 is 0 Å². The fourth-order valence-corrected chi connectivity index (χ4v) is 2.35. The maximum Gasteiger partial charge on any atom is 0.344 e. The van der Waals surface area contributed by atoms with Crippen LogP contribution in [-0.2, 0) is 4.79 Å². The maximum atomic E-state index is 12.0. The van der Waals surface area contributed by atoms with E-state index in [4.69, 9.17) is 9.15 Å². The fourth-order valence-electron chi connectivity index (χ4n) is 2.35. The Morgan fingerprint density at radius 1 is 1.14 bits per heavy atom. The van der Waals surface area contributed by atoms with Gasteiger partial charge in [-0.3, -0.25) is 0 Å². The van der Waals surface area contributed by atoms with E-state index in [1.54, 1.807) is 31.2 Å². The van der Waals surface area contributed by atoms with E-state index in [0.29, 0.717) is 22.3 Å². The second-order valence-corrected chi connectivity index (χ2v) is 4.66. The minimum Gasteiger partial charge on any atom is -0.546 e. The number of ether oxygens (including phenoxy) is 1. The number of carboxylic acids is 1. The second-order valence-electron chi connectivity index (χ2n) is 4.66. The van der Waals surface area contributed by atoms with Crippen LogP contribution in [0.4, 0.5) is 0 Å². The van der Waals surface area contributed by atoms with Crippen molar-refractivity contribution in [3.63, 3.8) is 0 Å². The number of carbonyl (C=O) groups excluding carboxylic acids is 1. The normalized spacial score (nSPS) is 10.9. The molecule has 0 fully saturated rings. The first-order chi connectivity index (χ1) is 10.1. The summed E-state index contributed by atoms with van der Waals surface area (Å²) >= 11 is 0. The largest absolute Gasteiger partial charge is 0.546 e. The van der Waals surface area contributed by atoms with Crippen molar-refractivity contribution in [2.24, 2.45) is 0 Å². The van der Waals surface area contributed by atoms with E-state index in [-0.39, 0.29) is 0 Å². The highest BCUT2D eigenvalue weighted by atomic mass is 16.5. The molecule has 0 bridgehead atoms. The second kappa shape index (κ2) is 4.94. The molecule has 0 aliphatic carbocycles. The Morgan fingerprint density at radius 3 is 2.57 bits per heavy atom. The molecule has 106 valence electrons. The van der Waals surface area contributed by atoms with Gasteiger partial charge in [-0.2, -0.15) is 0 Å². The molecule has 2 aromatic carbocycles. The van der Waals surface area contributed by atoms with Crippen molar-refractivity contribution in [2.75, 3.05) is 6.61 Å². The zero-order chi connectivity index (χ0) is 15.0. The zero-order valence-electron chi connectivity index (χ0n) is 11.2. The van der Waals surface area contributed by atoms with Crippen LogP contribution < -0.4 is 15.5 Å². The topological polar surface area (TPSA) is 79.6 Å². The van der Waals surface area contributed by atoms with Gasteiger partial charge < -0.3 is 19.1 Å². The van der Waals surface area contributed by atoms with Crippen LogP contribution in [0, 0.1) is 6.92 Å². The molecule has 0 spiro atoms. The monoisotopic (exact) mass is 283 g/mol. The Hall–Kier alpha value is -2.82. The van der Waals surface area contributed by atoms with Gasteiger partial charge in [0, 0.05) is 10.9 Å².